The number of benzene rings is 1. The molecule has 0 bridgehead atoms. The van der Waals surface area contributed by atoms with Gasteiger partial charge in [0.25, 0.3) is 5.91 Å². The Morgan fingerprint density at radius 2 is 1.96 bits per heavy atom. The molecule has 1 aliphatic heterocycles. The van der Waals surface area contributed by atoms with Crippen LogP contribution in [-0.4, -0.2) is 55.4 Å². The number of hydrogen-bond donors (Lipinski definition) is 1. The van der Waals surface area contributed by atoms with E-state index in [2.05, 4.69) is 10.3 Å². The van der Waals surface area contributed by atoms with E-state index in [1.165, 1.54) is 13.3 Å². The largest absolute Gasteiger partial charge is 0.467 e. The number of aromatic nitrogens is 1. The highest BCUT2D eigenvalue weighted by atomic mass is 16.6. The van der Waals surface area contributed by atoms with Gasteiger partial charge in [-0.2, -0.15) is 0 Å². The van der Waals surface area contributed by atoms with Crippen LogP contribution in [-0.2, 0) is 25.4 Å². The van der Waals surface area contributed by atoms with Crippen LogP contribution in [0.2, 0.25) is 0 Å². The number of carbonyl (C=O) groups excluding carboxylic acids is 2. The molecule has 0 saturated carbocycles. The number of hydrogen-bond acceptors (Lipinski definition) is 6. The third-order valence-corrected chi connectivity index (χ3v) is 4.80. The second-order valence-corrected chi connectivity index (χ2v) is 6.55. The van der Waals surface area contributed by atoms with Crippen molar-refractivity contribution in [2.24, 2.45) is 0 Å². The van der Waals surface area contributed by atoms with Crippen LogP contribution < -0.4 is 5.32 Å². The normalized spacial score (nSPS) is 18.7. The second-order valence-electron chi connectivity index (χ2n) is 6.55. The molecule has 7 heteroatoms. The molecule has 28 heavy (non-hydrogen) atoms. The van der Waals surface area contributed by atoms with E-state index in [4.69, 9.17) is 14.2 Å². The Morgan fingerprint density at radius 3 is 2.61 bits per heavy atom. The zero-order valence-electron chi connectivity index (χ0n) is 15.8. The first-order valence-electron chi connectivity index (χ1n) is 9.21. The van der Waals surface area contributed by atoms with Crippen molar-refractivity contribution in [3.63, 3.8) is 0 Å². The van der Waals surface area contributed by atoms with Crippen molar-refractivity contribution < 1.29 is 23.8 Å². The van der Waals surface area contributed by atoms with Crippen molar-refractivity contribution >= 4 is 11.9 Å². The molecular weight excluding hydrogens is 360 g/mol. The molecule has 148 valence electrons. The van der Waals surface area contributed by atoms with E-state index in [1.807, 2.05) is 30.3 Å². The maximum absolute atomic E-state index is 12.9. The van der Waals surface area contributed by atoms with Crippen LogP contribution in [0, 0.1) is 0 Å². The Bertz CT molecular complexity index is 778. The maximum atomic E-state index is 12.9. The van der Waals surface area contributed by atoms with E-state index in [1.54, 1.807) is 18.2 Å². The van der Waals surface area contributed by atoms with Crippen molar-refractivity contribution in [1.29, 1.82) is 0 Å². The molecule has 1 aromatic carbocycles. The fraction of sp³-hybridized carbons (Fsp3) is 0.381. The van der Waals surface area contributed by atoms with Gasteiger partial charge in [0, 0.05) is 6.20 Å². The third-order valence-electron chi connectivity index (χ3n) is 4.80. The van der Waals surface area contributed by atoms with E-state index >= 15 is 0 Å². The number of carbonyl (C=O) groups is 2. The first-order valence-corrected chi connectivity index (χ1v) is 9.21. The number of amides is 1. The number of aryl methyl sites for hydroxylation is 1. The van der Waals surface area contributed by atoms with Crippen LogP contribution in [0.4, 0.5) is 0 Å². The quantitative estimate of drug-likeness (QED) is 0.732. The Morgan fingerprint density at radius 1 is 1.18 bits per heavy atom. The number of pyridine rings is 1. The SMILES string of the molecule is COC(=O)C(CCc1ccccc1)(NC(=O)c1ccccn1)C1COCCO1. The lowest BCUT2D eigenvalue weighted by Crippen LogP contribution is -2.65. The number of esters is 1. The summed E-state index contributed by atoms with van der Waals surface area (Å²) in [6, 6.07) is 14.8. The summed E-state index contributed by atoms with van der Waals surface area (Å²) in [6.45, 7) is 0.973. The molecule has 3 rings (SSSR count). The lowest BCUT2D eigenvalue weighted by molar-refractivity contribution is -0.169. The smallest absolute Gasteiger partial charge is 0.334 e. The number of nitrogens with one attached hydrogen (secondary N) is 1. The number of methoxy groups -OCH3 is 1. The molecule has 1 aromatic heterocycles. The monoisotopic (exact) mass is 384 g/mol. The average Bonchev–Trinajstić information content (AvgIpc) is 2.78. The van der Waals surface area contributed by atoms with Crippen LogP contribution in [0.25, 0.3) is 0 Å². The van der Waals surface area contributed by atoms with Crippen LogP contribution in [0.15, 0.2) is 54.7 Å². The van der Waals surface area contributed by atoms with Gasteiger partial charge in [0.05, 0.1) is 26.9 Å². The average molecular weight is 384 g/mol. The fourth-order valence-corrected chi connectivity index (χ4v) is 3.29. The lowest BCUT2D eigenvalue weighted by Gasteiger charge is -2.40. The fourth-order valence-electron chi connectivity index (χ4n) is 3.29. The molecule has 7 nitrogen and oxygen atoms in total. The van der Waals surface area contributed by atoms with E-state index in [-0.39, 0.29) is 12.3 Å². The molecule has 1 fully saturated rings. The minimum absolute atomic E-state index is 0.187. The Kier molecular flexibility index (Phi) is 6.73. The molecule has 0 radical (unpaired) electrons. The summed E-state index contributed by atoms with van der Waals surface area (Å²) in [7, 11) is 1.30. The lowest BCUT2D eigenvalue weighted by atomic mass is 9.85. The third kappa shape index (κ3) is 4.55. The summed E-state index contributed by atoms with van der Waals surface area (Å²) in [5.74, 6) is -1.03. The predicted molar refractivity (Wildman–Crippen MR) is 102 cm³/mol. The van der Waals surface area contributed by atoms with Crippen molar-refractivity contribution in [2.75, 3.05) is 26.9 Å². The predicted octanol–water partition coefficient (Wildman–Crippen LogP) is 1.77. The molecule has 1 saturated heterocycles. The standard InChI is InChI=1S/C21H24N2O5/c1-26-20(25)21(18-15-27-13-14-28-18,11-10-16-7-3-2-4-8-16)23-19(24)17-9-5-6-12-22-17/h2-9,12,18H,10-11,13-15H2,1H3,(H,23,24). The zero-order valence-corrected chi connectivity index (χ0v) is 15.8. The van der Waals surface area contributed by atoms with E-state index in [0.717, 1.165) is 5.56 Å². The highest BCUT2D eigenvalue weighted by molar-refractivity contribution is 5.97. The summed E-state index contributed by atoms with van der Waals surface area (Å²) >= 11 is 0. The molecule has 1 amide bonds. The van der Waals surface area contributed by atoms with Crippen molar-refractivity contribution in [3.8, 4) is 0 Å². The van der Waals surface area contributed by atoms with Gasteiger partial charge in [-0.05, 0) is 30.5 Å². The highest BCUT2D eigenvalue weighted by Crippen LogP contribution is 2.26. The molecule has 2 unspecified atom stereocenters. The first-order chi connectivity index (χ1) is 13.7. The van der Waals surface area contributed by atoms with Gasteiger partial charge in [0.1, 0.15) is 11.8 Å². The number of rotatable bonds is 7. The summed E-state index contributed by atoms with van der Waals surface area (Å²) in [4.78, 5) is 29.9. The molecule has 1 aliphatic rings. The van der Waals surface area contributed by atoms with Crippen molar-refractivity contribution in [1.82, 2.24) is 10.3 Å². The molecule has 1 N–H and O–H groups in total. The van der Waals surface area contributed by atoms with E-state index in [9.17, 15) is 9.59 Å². The van der Waals surface area contributed by atoms with Crippen LogP contribution in [0.1, 0.15) is 22.5 Å². The van der Waals surface area contributed by atoms with Gasteiger partial charge in [0.15, 0.2) is 5.54 Å². The van der Waals surface area contributed by atoms with Gasteiger partial charge in [0.2, 0.25) is 0 Å². The Balaban J connectivity index is 1.91. The van der Waals surface area contributed by atoms with Crippen LogP contribution >= 0.6 is 0 Å². The topological polar surface area (TPSA) is 86.8 Å². The van der Waals surface area contributed by atoms with Crippen LogP contribution in [0.3, 0.4) is 0 Å². The van der Waals surface area contributed by atoms with Gasteiger partial charge >= 0.3 is 5.97 Å². The first kappa shape index (κ1) is 20.0. The highest BCUT2D eigenvalue weighted by Gasteiger charge is 2.50. The molecule has 2 atom stereocenters. The molecule has 0 spiro atoms. The molecule has 2 aromatic rings. The Labute approximate surface area is 164 Å². The summed E-state index contributed by atoms with van der Waals surface area (Å²) < 4.78 is 16.4. The van der Waals surface area contributed by atoms with Gasteiger partial charge in [-0.15, -0.1) is 0 Å². The van der Waals surface area contributed by atoms with Gasteiger partial charge in [-0.25, -0.2) is 4.79 Å². The van der Waals surface area contributed by atoms with Gasteiger partial charge in [-0.1, -0.05) is 36.4 Å². The molecular formula is C21H24N2O5. The molecule has 0 aliphatic carbocycles. The van der Waals surface area contributed by atoms with Gasteiger partial charge in [-0.3, -0.25) is 9.78 Å². The summed E-state index contributed by atoms with van der Waals surface area (Å²) in [5, 5.41) is 2.86. The van der Waals surface area contributed by atoms with Crippen LogP contribution in [0.5, 0.6) is 0 Å². The van der Waals surface area contributed by atoms with Gasteiger partial charge < -0.3 is 19.5 Å². The summed E-state index contributed by atoms with van der Waals surface area (Å²) in [6.07, 6.45) is 1.72. The molecule has 2 heterocycles. The summed E-state index contributed by atoms with van der Waals surface area (Å²) in [5.41, 5.74) is -0.133. The Hall–Kier alpha value is -2.77. The minimum Gasteiger partial charge on any atom is -0.467 e. The van der Waals surface area contributed by atoms with E-state index in [0.29, 0.717) is 26.1 Å². The van der Waals surface area contributed by atoms with E-state index < -0.39 is 23.5 Å². The van der Waals surface area contributed by atoms with Crippen molar-refractivity contribution in [2.45, 2.75) is 24.5 Å². The number of nitrogens with zero attached hydrogens (tertiary/aromatic N) is 1. The number of ether oxygens (including phenoxy) is 3. The van der Waals surface area contributed by atoms with Crippen molar-refractivity contribution in [3.05, 3.63) is 66.0 Å². The maximum Gasteiger partial charge on any atom is 0.334 e. The minimum atomic E-state index is -1.39. The zero-order chi connectivity index (χ0) is 19.8. The second kappa shape index (κ2) is 9.43.